The van der Waals surface area contributed by atoms with Crippen LogP contribution in [0.3, 0.4) is 0 Å². The molecule has 0 aliphatic carbocycles. The van der Waals surface area contributed by atoms with E-state index in [1.54, 1.807) is 7.11 Å². The van der Waals surface area contributed by atoms with Gasteiger partial charge in [-0.05, 0) is 36.4 Å². The predicted octanol–water partition coefficient (Wildman–Crippen LogP) is 4.18. The van der Waals surface area contributed by atoms with E-state index in [0.717, 1.165) is 34.4 Å². The molecule has 7 nitrogen and oxygen atoms in total. The highest BCUT2D eigenvalue weighted by atomic mass is 32.2. The highest BCUT2D eigenvalue weighted by Crippen LogP contribution is 2.30. The number of para-hydroxylation sites is 1. The van der Waals surface area contributed by atoms with E-state index in [2.05, 4.69) is 20.4 Å². The zero-order chi connectivity index (χ0) is 19.3. The lowest BCUT2D eigenvalue weighted by Crippen LogP contribution is -1.99. The van der Waals surface area contributed by atoms with Gasteiger partial charge in [-0.2, -0.15) is 0 Å². The van der Waals surface area contributed by atoms with Crippen molar-refractivity contribution in [2.75, 3.05) is 7.11 Å². The first kappa shape index (κ1) is 18.2. The van der Waals surface area contributed by atoms with Gasteiger partial charge in [-0.25, -0.2) is 0 Å². The highest BCUT2D eigenvalue weighted by molar-refractivity contribution is 7.98. The minimum atomic E-state index is 0.528. The molecule has 4 rings (SSSR count). The van der Waals surface area contributed by atoms with Crippen LogP contribution in [0.4, 0.5) is 0 Å². The molecule has 0 atom stereocenters. The topological polar surface area (TPSA) is 78.9 Å². The number of ether oxygens (including phenoxy) is 1. The summed E-state index contributed by atoms with van der Waals surface area (Å²) < 4.78 is 12.9. The third kappa shape index (κ3) is 3.77. The molecule has 2 heterocycles. The first-order chi connectivity index (χ1) is 13.8. The van der Waals surface area contributed by atoms with Crippen molar-refractivity contribution in [3.05, 3.63) is 66.4 Å². The van der Waals surface area contributed by atoms with E-state index in [1.165, 1.54) is 11.8 Å². The fraction of sp³-hybridized carbons (Fsp3) is 0.200. The summed E-state index contributed by atoms with van der Waals surface area (Å²) in [4.78, 5) is 0. The SMILES string of the molecule is CCc1nnc(CSc2nnc(-c3ccc(OC)cc3)n2-c2ccccc2)o1. The molecule has 0 amide bonds. The van der Waals surface area contributed by atoms with Gasteiger partial charge in [-0.15, -0.1) is 20.4 Å². The van der Waals surface area contributed by atoms with Crippen molar-refractivity contribution < 1.29 is 9.15 Å². The maximum Gasteiger partial charge on any atom is 0.226 e. The van der Waals surface area contributed by atoms with Crippen LogP contribution in [-0.2, 0) is 12.2 Å². The fourth-order valence-electron chi connectivity index (χ4n) is 2.72. The summed E-state index contributed by atoms with van der Waals surface area (Å²) in [5.74, 6) is 3.30. The van der Waals surface area contributed by atoms with Gasteiger partial charge in [-0.3, -0.25) is 4.57 Å². The lowest BCUT2D eigenvalue weighted by atomic mass is 10.2. The molecule has 0 unspecified atom stereocenters. The molecule has 0 radical (unpaired) electrons. The molecular formula is C20H19N5O2S. The van der Waals surface area contributed by atoms with Crippen molar-refractivity contribution in [2.45, 2.75) is 24.3 Å². The molecule has 0 saturated heterocycles. The number of hydrogen-bond acceptors (Lipinski definition) is 7. The Morgan fingerprint density at radius 2 is 1.68 bits per heavy atom. The molecule has 142 valence electrons. The normalized spacial score (nSPS) is 10.9. The average Bonchev–Trinajstić information content (AvgIpc) is 3.39. The van der Waals surface area contributed by atoms with E-state index in [1.807, 2.05) is 66.1 Å². The molecule has 0 aliphatic rings. The summed E-state index contributed by atoms with van der Waals surface area (Å²) in [6.45, 7) is 1.98. The molecule has 0 spiro atoms. The molecule has 0 bridgehead atoms. The standard InChI is InChI=1S/C20H19N5O2S/c1-3-17-21-22-18(27-17)13-28-20-24-23-19(14-9-11-16(26-2)12-10-14)25(20)15-7-5-4-6-8-15/h4-12H,3,13H2,1-2H3. The van der Waals surface area contributed by atoms with Gasteiger partial charge in [0.1, 0.15) is 5.75 Å². The zero-order valence-electron chi connectivity index (χ0n) is 15.6. The number of hydrogen-bond donors (Lipinski definition) is 0. The number of aryl methyl sites for hydroxylation is 1. The molecule has 4 aromatic rings. The molecule has 0 aliphatic heterocycles. The summed E-state index contributed by atoms with van der Waals surface area (Å²) in [7, 11) is 1.65. The summed E-state index contributed by atoms with van der Waals surface area (Å²) in [5.41, 5.74) is 1.94. The van der Waals surface area contributed by atoms with Gasteiger partial charge in [0.05, 0.1) is 12.9 Å². The van der Waals surface area contributed by atoms with Crippen LogP contribution >= 0.6 is 11.8 Å². The second-order valence-electron chi connectivity index (χ2n) is 5.94. The Balaban J connectivity index is 1.68. The Bertz CT molecular complexity index is 1040. The number of nitrogens with zero attached hydrogens (tertiary/aromatic N) is 5. The highest BCUT2D eigenvalue weighted by Gasteiger charge is 2.17. The summed E-state index contributed by atoms with van der Waals surface area (Å²) in [6, 6.07) is 17.8. The Hall–Kier alpha value is -3.13. The number of thioether (sulfide) groups is 1. The van der Waals surface area contributed by atoms with Gasteiger partial charge in [0.2, 0.25) is 11.8 Å². The average molecular weight is 393 g/mol. The van der Waals surface area contributed by atoms with E-state index >= 15 is 0 Å². The van der Waals surface area contributed by atoms with Gasteiger partial charge in [-0.1, -0.05) is 36.9 Å². The van der Waals surface area contributed by atoms with Crippen molar-refractivity contribution in [2.24, 2.45) is 0 Å². The second kappa shape index (κ2) is 8.26. The van der Waals surface area contributed by atoms with Crippen LogP contribution in [0.25, 0.3) is 17.1 Å². The third-order valence-electron chi connectivity index (χ3n) is 4.13. The smallest absolute Gasteiger partial charge is 0.226 e. The number of methoxy groups -OCH3 is 1. The van der Waals surface area contributed by atoms with Crippen LogP contribution in [0.15, 0.2) is 64.2 Å². The second-order valence-corrected chi connectivity index (χ2v) is 6.88. The minimum absolute atomic E-state index is 0.528. The van der Waals surface area contributed by atoms with E-state index in [9.17, 15) is 0 Å². The van der Waals surface area contributed by atoms with Crippen LogP contribution in [0.2, 0.25) is 0 Å². The Labute approximate surface area is 166 Å². The first-order valence-corrected chi connectivity index (χ1v) is 9.86. The number of benzene rings is 2. The molecular weight excluding hydrogens is 374 g/mol. The lowest BCUT2D eigenvalue weighted by Gasteiger charge is -2.10. The Kier molecular flexibility index (Phi) is 5.38. The Morgan fingerprint density at radius 1 is 0.929 bits per heavy atom. The van der Waals surface area contributed by atoms with E-state index in [0.29, 0.717) is 17.5 Å². The maximum atomic E-state index is 5.60. The number of aromatic nitrogens is 5. The zero-order valence-corrected chi connectivity index (χ0v) is 16.4. The first-order valence-electron chi connectivity index (χ1n) is 8.87. The van der Waals surface area contributed by atoms with Crippen molar-refractivity contribution >= 4 is 11.8 Å². The minimum Gasteiger partial charge on any atom is -0.497 e. The summed E-state index contributed by atoms with van der Waals surface area (Å²) in [6.07, 6.45) is 0.722. The van der Waals surface area contributed by atoms with Gasteiger partial charge in [0.25, 0.3) is 0 Å². The van der Waals surface area contributed by atoms with Gasteiger partial charge < -0.3 is 9.15 Å². The van der Waals surface area contributed by atoms with Gasteiger partial charge >= 0.3 is 0 Å². The molecule has 2 aromatic carbocycles. The quantitative estimate of drug-likeness (QED) is 0.436. The van der Waals surface area contributed by atoms with Crippen LogP contribution in [0.1, 0.15) is 18.7 Å². The molecule has 0 saturated carbocycles. The fourth-order valence-corrected chi connectivity index (χ4v) is 3.50. The van der Waals surface area contributed by atoms with Crippen LogP contribution in [0.5, 0.6) is 5.75 Å². The molecule has 0 fully saturated rings. The predicted molar refractivity (Wildman–Crippen MR) is 107 cm³/mol. The van der Waals surface area contributed by atoms with E-state index < -0.39 is 0 Å². The van der Waals surface area contributed by atoms with Crippen molar-refractivity contribution in [3.63, 3.8) is 0 Å². The number of rotatable bonds is 7. The van der Waals surface area contributed by atoms with Crippen molar-refractivity contribution in [1.82, 2.24) is 25.0 Å². The summed E-state index contributed by atoms with van der Waals surface area (Å²) >= 11 is 1.51. The van der Waals surface area contributed by atoms with Crippen molar-refractivity contribution in [3.8, 4) is 22.8 Å². The van der Waals surface area contributed by atoms with E-state index in [-0.39, 0.29) is 0 Å². The van der Waals surface area contributed by atoms with Gasteiger partial charge in [0, 0.05) is 17.7 Å². The van der Waals surface area contributed by atoms with E-state index in [4.69, 9.17) is 9.15 Å². The molecule has 28 heavy (non-hydrogen) atoms. The molecule has 0 N–H and O–H groups in total. The maximum absolute atomic E-state index is 5.60. The van der Waals surface area contributed by atoms with Crippen LogP contribution in [-0.4, -0.2) is 32.1 Å². The monoisotopic (exact) mass is 393 g/mol. The Morgan fingerprint density at radius 3 is 2.36 bits per heavy atom. The third-order valence-corrected chi connectivity index (χ3v) is 5.05. The lowest BCUT2D eigenvalue weighted by molar-refractivity contribution is 0.415. The van der Waals surface area contributed by atoms with Crippen molar-refractivity contribution in [1.29, 1.82) is 0 Å². The van der Waals surface area contributed by atoms with Crippen LogP contribution in [0, 0.1) is 0 Å². The van der Waals surface area contributed by atoms with Gasteiger partial charge in [0.15, 0.2) is 11.0 Å². The molecule has 8 heteroatoms. The summed E-state index contributed by atoms with van der Waals surface area (Å²) in [5, 5.41) is 17.7. The molecule has 2 aromatic heterocycles. The largest absolute Gasteiger partial charge is 0.497 e. The van der Waals surface area contributed by atoms with Crippen LogP contribution < -0.4 is 4.74 Å².